The molecule has 0 bridgehead atoms. The monoisotopic (exact) mass is 363 g/mol. The molecule has 2 atom stereocenters. The first kappa shape index (κ1) is 18.1. The predicted octanol–water partition coefficient (Wildman–Crippen LogP) is 3.83. The topological polar surface area (TPSA) is 59.5 Å². The number of piperidine rings is 1. The van der Waals surface area contributed by atoms with Crippen molar-refractivity contribution >= 4 is 5.65 Å². The maximum atomic E-state index is 5.81. The van der Waals surface area contributed by atoms with Gasteiger partial charge in [-0.15, -0.1) is 0 Å². The van der Waals surface area contributed by atoms with E-state index in [0.717, 1.165) is 31.3 Å². The molecule has 27 heavy (non-hydrogen) atoms. The van der Waals surface area contributed by atoms with Crippen LogP contribution < -0.4 is 5.73 Å². The van der Waals surface area contributed by atoms with E-state index in [1.807, 2.05) is 12.3 Å². The lowest BCUT2D eigenvalue weighted by atomic mass is 9.90. The van der Waals surface area contributed by atoms with Crippen molar-refractivity contribution in [3.63, 3.8) is 0 Å². The fourth-order valence-electron chi connectivity index (χ4n) is 4.48. The van der Waals surface area contributed by atoms with Crippen LogP contribution in [0.5, 0.6) is 0 Å². The molecule has 1 aliphatic heterocycles. The molecule has 0 aromatic carbocycles. The van der Waals surface area contributed by atoms with E-state index in [2.05, 4.69) is 53.7 Å². The predicted molar refractivity (Wildman–Crippen MR) is 109 cm³/mol. The molecular weight excluding hydrogens is 334 g/mol. The SMILES string of the molecule is Cc1cccnc1C1CCC[C@@H](c2nc3ccccn3c2CCCN)N1C. The molecule has 0 amide bonds. The minimum atomic E-state index is 0.317. The molecule has 5 nitrogen and oxygen atoms in total. The number of hydrogen-bond acceptors (Lipinski definition) is 4. The van der Waals surface area contributed by atoms with Gasteiger partial charge in [0.05, 0.1) is 23.5 Å². The molecule has 4 rings (SSSR count). The molecule has 3 aromatic heterocycles. The van der Waals surface area contributed by atoms with Gasteiger partial charge in [-0.3, -0.25) is 9.88 Å². The third kappa shape index (κ3) is 3.37. The van der Waals surface area contributed by atoms with Crippen LogP contribution in [0.4, 0.5) is 0 Å². The molecule has 1 unspecified atom stereocenters. The third-order valence-electron chi connectivity index (χ3n) is 5.90. The van der Waals surface area contributed by atoms with Gasteiger partial charge in [0.25, 0.3) is 0 Å². The van der Waals surface area contributed by atoms with Gasteiger partial charge in [-0.05, 0) is 76.4 Å². The van der Waals surface area contributed by atoms with Crippen molar-refractivity contribution in [1.29, 1.82) is 0 Å². The van der Waals surface area contributed by atoms with E-state index in [-0.39, 0.29) is 0 Å². The Morgan fingerprint density at radius 3 is 2.70 bits per heavy atom. The van der Waals surface area contributed by atoms with E-state index >= 15 is 0 Å². The number of aryl methyl sites for hydroxylation is 2. The first-order chi connectivity index (χ1) is 13.2. The average Bonchev–Trinajstić information content (AvgIpc) is 3.05. The van der Waals surface area contributed by atoms with Gasteiger partial charge < -0.3 is 10.1 Å². The average molecular weight is 364 g/mol. The number of imidazole rings is 1. The molecule has 0 aliphatic carbocycles. The molecule has 1 aliphatic rings. The van der Waals surface area contributed by atoms with Crippen LogP contribution in [0.25, 0.3) is 5.65 Å². The zero-order valence-electron chi connectivity index (χ0n) is 16.3. The number of aromatic nitrogens is 3. The Morgan fingerprint density at radius 1 is 1.11 bits per heavy atom. The van der Waals surface area contributed by atoms with Gasteiger partial charge in [-0.1, -0.05) is 12.1 Å². The summed E-state index contributed by atoms with van der Waals surface area (Å²) in [5.74, 6) is 0. The number of likely N-dealkylation sites (tertiary alicyclic amines) is 1. The smallest absolute Gasteiger partial charge is 0.137 e. The highest BCUT2D eigenvalue weighted by Gasteiger charge is 2.34. The van der Waals surface area contributed by atoms with Crippen molar-refractivity contribution in [2.45, 2.75) is 51.1 Å². The van der Waals surface area contributed by atoms with E-state index in [9.17, 15) is 0 Å². The minimum Gasteiger partial charge on any atom is -0.330 e. The fraction of sp³-hybridized carbons (Fsp3) is 0.455. The van der Waals surface area contributed by atoms with Gasteiger partial charge >= 0.3 is 0 Å². The van der Waals surface area contributed by atoms with Crippen LogP contribution in [0, 0.1) is 6.92 Å². The first-order valence-electron chi connectivity index (χ1n) is 10.00. The summed E-state index contributed by atoms with van der Waals surface area (Å²) in [4.78, 5) is 12.3. The van der Waals surface area contributed by atoms with E-state index in [4.69, 9.17) is 15.7 Å². The number of hydrogen-bond donors (Lipinski definition) is 1. The molecular formula is C22H29N5. The molecule has 1 fully saturated rings. The standard InChI is InChI=1S/C22H29N5/c1-16-8-7-14-24-21(16)17-9-5-10-18(26(17)2)22-19(11-6-13-23)27-15-4-3-12-20(27)25-22/h3-4,7-8,12,14-15,17-18H,5-6,9-11,13,23H2,1-2H3/t17?,18-/m0/s1. The van der Waals surface area contributed by atoms with Crippen molar-refractivity contribution in [2.75, 3.05) is 13.6 Å². The van der Waals surface area contributed by atoms with Crippen molar-refractivity contribution in [3.8, 4) is 0 Å². The summed E-state index contributed by atoms with van der Waals surface area (Å²) < 4.78 is 2.24. The normalized spacial score (nSPS) is 21.0. The lowest BCUT2D eigenvalue weighted by Crippen LogP contribution is -2.34. The van der Waals surface area contributed by atoms with Crippen LogP contribution in [0.15, 0.2) is 42.7 Å². The number of rotatable bonds is 5. The molecule has 0 spiro atoms. The van der Waals surface area contributed by atoms with E-state index < -0.39 is 0 Å². The summed E-state index contributed by atoms with van der Waals surface area (Å²) in [7, 11) is 2.24. The summed E-state index contributed by atoms with van der Waals surface area (Å²) in [5.41, 5.74) is 11.8. The van der Waals surface area contributed by atoms with E-state index in [1.54, 1.807) is 0 Å². The van der Waals surface area contributed by atoms with Crippen molar-refractivity contribution in [1.82, 2.24) is 19.3 Å². The van der Waals surface area contributed by atoms with E-state index in [1.165, 1.54) is 29.1 Å². The zero-order valence-corrected chi connectivity index (χ0v) is 16.3. The quantitative estimate of drug-likeness (QED) is 0.748. The summed E-state index contributed by atoms with van der Waals surface area (Å²) >= 11 is 0. The largest absolute Gasteiger partial charge is 0.330 e. The van der Waals surface area contributed by atoms with E-state index in [0.29, 0.717) is 18.6 Å². The van der Waals surface area contributed by atoms with Crippen LogP contribution in [0.1, 0.15) is 60.4 Å². The number of fused-ring (bicyclic) bond motifs is 1. The van der Waals surface area contributed by atoms with Gasteiger partial charge in [0.1, 0.15) is 5.65 Å². The maximum absolute atomic E-state index is 5.81. The Bertz CT molecular complexity index is 916. The second kappa shape index (κ2) is 7.79. The Labute approximate surface area is 161 Å². The number of nitrogens with two attached hydrogens (primary N) is 1. The molecule has 1 saturated heterocycles. The lowest BCUT2D eigenvalue weighted by Gasteiger charge is -2.39. The molecule has 0 radical (unpaired) electrons. The van der Waals surface area contributed by atoms with Gasteiger partial charge in [0.2, 0.25) is 0 Å². The number of nitrogens with zero attached hydrogens (tertiary/aromatic N) is 4. The van der Waals surface area contributed by atoms with Crippen LogP contribution in [0.2, 0.25) is 0 Å². The summed E-state index contributed by atoms with van der Waals surface area (Å²) in [6.45, 7) is 2.87. The van der Waals surface area contributed by atoms with Crippen molar-refractivity contribution in [2.24, 2.45) is 5.73 Å². The van der Waals surface area contributed by atoms with Gasteiger partial charge in [0, 0.05) is 18.1 Å². The minimum absolute atomic E-state index is 0.317. The maximum Gasteiger partial charge on any atom is 0.137 e. The molecule has 3 aromatic rings. The Morgan fingerprint density at radius 2 is 1.93 bits per heavy atom. The highest BCUT2D eigenvalue weighted by Crippen LogP contribution is 2.41. The summed E-state index contributed by atoms with van der Waals surface area (Å²) in [6, 6.07) is 11.1. The molecule has 2 N–H and O–H groups in total. The summed E-state index contributed by atoms with van der Waals surface area (Å²) in [5, 5.41) is 0. The van der Waals surface area contributed by atoms with Gasteiger partial charge in [-0.2, -0.15) is 0 Å². The zero-order chi connectivity index (χ0) is 18.8. The van der Waals surface area contributed by atoms with Crippen LogP contribution >= 0.6 is 0 Å². The molecule has 4 heterocycles. The summed E-state index contributed by atoms with van der Waals surface area (Å²) in [6.07, 6.45) is 9.47. The van der Waals surface area contributed by atoms with Crippen molar-refractivity contribution in [3.05, 3.63) is 65.4 Å². The van der Waals surface area contributed by atoms with Crippen molar-refractivity contribution < 1.29 is 0 Å². The van der Waals surface area contributed by atoms with Crippen LogP contribution in [-0.2, 0) is 6.42 Å². The van der Waals surface area contributed by atoms with Gasteiger partial charge in [-0.25, -0.2) is 4.98 Å². The molecule has 142 valence electrons. The second-order valence-corrected chi connectivity index (χ2v) is 7.60. The highest BCUT2D eigenvalue weighted by molar-refractivity contribution is 5.44. The van der Waals surface area contributed by atoms with Crippen LogP contribution in [0.3, 0.4) is 0 Å². The first-order valence-corrected chi connectivity index (χ1v) is 10.00. The second-order valence-electron chi connectivity index (χ2n) is 7.60. The molecule has 0 saturated carbocycles. The number of pyridine rings is 2. The fourth-order valence-corrected chi connectivity index (χ4v) is 4.48. The van der Waals surface area contributed by atoms with Crippen LogP contribution in [-0.4, -0.2) is 32.9 Å². The highest BCUT2D eigenvalue weighted by atomic mass is 15.2. The Kier molecular flexibility index (Phi) is 5.23. The third-order valence-corrected chi connectivity index (χ3v) is 5.90. The molecule has 5 heteroatoms. The Balaban J connectivity index is 1.73. The Hall–Kier alpha value is -2.24. The lowest BCUT2D eigenvalue weighted by molar-refractivity contribution is 0.108. The van der Waals surface area contributed by atoms with Gasteiger partial charge in [0.15, 0.2) is 0 Å².